The van der Waals surface area contributed by atoms with Gasteiger partial charge in [0.1, 0.15) is 0 Å². The molecule has 1 aliphatic rings. The smallest absolute Gasteiger partial charge is 0.234 e. The van der Waals surface area contributed by atoms with Crippen LogP contribution in [0.3, 0.4) is 0 Å². The Morgan fingerprint density at radius 3 is 3.22 bits per heavy atom. The Kier molecular flexibility index (Phi) is 4.74. The molecule has 0 spiro atoms. The molecule has 2 heterocycles. The lowest BCUT2D eigenvalue weighted by Gasteiger charge is -2.31. The average Bonchev–Trinajstić information content (AvgIpc) is 2.81. The van der Waals surface area contributed by atoms with E-state index in [4.69, 9.17) is 0 Å². The highest BCUT2D eigenvalue weighted by molar-refractivity contribution is 7.10. The summed E-state index contributed by atoms with van der Waals surface area (Å²) in [5, 5.41) is 8.47. The van der Waals surface area contributed by atoms with Crippen molar-refractivity contribution in [3.63, 3.8) is 0 Å². The maximum Gasteiger partial charge on any atom is 0.234 e. The van der Waals surface area contributed by atoms with Crippen molar-refractivity contribution < 1.29 is 4.79 Å². The van der Waals surface area contributed by atoms with Crippen molar-refractivity contribution in [3.8, 4) is 0 Å². The molecule has 0 aromatic carbocycles. The minimum absolute atomic E-state index is 0.109. The van der Waals surface area contributed by atoms with Gasteiger partial charge in [-0.1, -0.05) is 6.07 Å². The lowest BCUT2D eigenvalue weighted by molar-refractivity contribution is -0.123. The largest absolute Gasteiger partial charge is 0.348 e. The number of rotatable bonds is 4. The Bertz CT molecular complexity index is 380. The van der Waals surface area contributed by atoms with E-state index in [0.717, 1.165) is 19.6 Å². The van der Waals surface area contributed by atoms with Crippen LogP contribution in [-0.2, 0) is 4.79 Å². The highest BCUT2D eigenvalue weighted by atomic mass is 32.1. The first-order valence-corrected chi connectivity index (χ1v) is 7.31. The molecule has 0 saturated carbocycles. The Labute approximate surface area is 112 Å². The second-order valence-electron chi connectivity index (χ2n) is 4.89. The molecule has 2 N–H and O–H groups in total. The zero-order chi connectivity index (χ0) is 13.0. The summed E-state index contributed by atoms with van der Waals surface area (Å²) in [6.45, 7) is 7.55. The molecule has 1 fully saturated rings. The van der Waals surface area contributed by atoms with Crippen LogP contribution >= 0.6 is 11.3 Å². The number of piperazine rings is 1. The molecule has 18 heavy (non-hydrogen) atoms. The number of thiophene rings is 1. The van der Waals surface area contributed by atoms with Crippen LogP contribution in [0.1, 0.15) is 24.8 Å². The van der Waals surface area contributed by atoms with Gasteiger partial charge in [-0.25, -0.2) is 0 Å². The number of carbonyl (C=O) groups is 1. The van der Waals surface area contributed by atoms with E-state index in [9.17, 15) is 4.79 Å². The topological polar surface area (TPSA) is 44.4 Å². The molecule has 1 unspecified atom stereocenters. The van der Waals surface area contributed by atoms with Crippen molar-refractivity contribution in [2.24, 2.45) is 0 Å². The van der Waals surface area contributed by atoms with E-state index < -0.39 is 0 Å². The maximum atomic E-state index is 12.0. The number of amides is 1. The van der Waals surface area contributed by atoms with Crippen molar-refractivity contribution in [2.75, 3.05) is 26.2 Å². The first-order valence-electron chi connectivity index (χ1n) is 6.43. The Morgan fingerprint density at radius 1 is 1.72 bits per heavy atom. The molecule has 5 heteroatoms. The van der Waals surface area contributed by atoms with Gasteiger partial charge in [0.25, 0.3) is 0 Å². The van der Waals surface area contributed by atoms with Crippen LogP contribution in [-0.4, -0.2) is 43.0 Å². The summed E-state index contributed by atoms with van der Waals surface area (Å²) < 4.78 is 0. The Balaban J connectivity index is 1.78. The van der Waals surface area contributed by atoms with Gasteiger partial charge in [0, 0.05) is 30.6 Å². The third-order valence-electron chi connectivity index (χ3n) is 3.17. The van der Waals surface area contributed by atoms with Crippen LogP contribution < -0.4 is 10.6 Å². The van der Waals surface area contributed by atoms with Crippen molar-refractivity contribution in [2.45, 2.75) is 25.9 Å². The SMILES string of the molecule is CC(NC(=O)CN1CCN[C@@H](C)C1)c1cccs1. The van der Waals surface area contributed by atoms with E-state index in [0.29, 0.717) is 12.6 Å². The average molecular weight is 267 g/mol. The van der Waals surface area contributed by atoms with Gasteiger partial charge >= 0.3 is 0 Å². The zero-order valence-corrected chi connectivity index (χ0v) is 11.8. The molecule has 1 amide bonds. The fourth-order valence-corrected chi connectivity index (χ4v) is 2.99. The predicted molar refractivity (Wildman–Crippen MR) is 74.8 cm³/mol. The monoisotopic (exact) mass is 267 g/mol. The summed E-state index contributed by atoms with van der Waals surface area (Å²) in [5.74, 6) is 0.116. The van der Waals surface area contributed by atoms with Crippen molar-refractivity contribution in [3.05, 3.63) is 22.4 Å². The van der Waals surface area contributed by atoms with Gasteiger partial charge in [0.2, 0.25) is 5.91 Å². The first-order chi connectivity index (χ1) is 8.65. The lowest BCUT2D eigenvalue weighted by Crippen LogP contribution is -2.51. The van der Waals surface area contributed by atoms with E-state index in [2.05, 4.69) is 28.5 Å². The zero-order valence-electron chi connectivity index (χ0n) is 11.0. The summed E-state index contributed by atoms with van der Waals surface area (Å²) in [6, 6.07) is 4.66. The Hall–Kier alpha value is -0.910. The van der Waals surface area contributed by atoms with E-state index >= 15 is 0 Å². The molecule has 1 aromatic heterocycles. The van der Waals surface area contributed by atoms with Crippen LogP contribution in [0.5, 0.6) is 0 Å². The normalized spacial score (nSPS) is 22.7. The minimum Gasteiger partial charge on any atom is -0.348 e. The third kappa shape index (κ3) is 3.80. The first kappa shape index (κ1) is 13.5. The number of hydrogen-bond acceptors (Lipinski definition) is 4. The van der Waals surface area contributed by atoms with Crippen LogP contribution in [0.25, 0.3) is 0 Å². The van der Waals surface area contributed by atoms with Crippen LogP contribution in [0.2, 0.25) is 0 Å². The number of nitrogens with zero attached hydrogens (tertiary/aromatic N) is 1. The molecule has 0 aliphatic carbocycles. The quantitative estimate of drug-likeness (QED) is 0.862. The third-order valence-corrected chi connectivity index (χ3v) is 4.22. The maximum absolute atomic E-state index is 12.0. The van der Waals surface area contributed by atoms with Crippen LogP contribution in [0.15, 0.2) is 17.5 Å². The summed E-state index contributed by atoms with van der Waals surface area (Å²) in [7, 11) is 0. The predicted octanol–water partition coefficient (Wildman–Crippen LogP) is 1.22. The lowest BCUT2D eigenvalue weighted by atomic mass is 10.2. The molecule has 0 bridgehead atoms. The number of hydrogen-bond donors (Lipinski definition) is 2. The van der Waals surface area contributed by atoms with Gasteiger partial charge < -0.3 is 10.6 Å². The van der Waals surface area contributed by atoms with Crippen molar-refractivity contribution >= 4 is 17.2 Å². The molecule has 2 rings (SSSR count). The molecule has 100 valence electrons. The highest BCUT2D eigenvalue weighted by Crippen LogP contribution is 2.17. The molecule has 1 saturated heterocycles. The fourth-order valence-electron chi connectivity index (χ4n) is 2.25. The standard InChI is InChI=1S/C13H21N3OS/c1-10-8-16(6-5-14-10)9-13(17)15-11(2)12-4-3-7-18-12/h3-4,7,10-11,14H,5-6,8-9H2,1-2H3,(H,15,17)/t10-,11?/m0/s1. The van der Waals surface area contributed by atoms with Crippen molar-refractivity contribution in [1.29, 1.82) is 0 Å². The van der Waals surface area contributed by atoms with Gasteiger partial charge in [-0.3, -0.25) is 9.69 Å². The molecule has 1 aliphatic heterocycles. The van der Waals surface area contributed by atoms with Gasteiger partial charge in [-0.05, 0) is 25.3 Å². The summed E-state index contributed by atoms with van der Waals surface area (Å²) in [4.78, 5) is 15.4. The molecule has 4 nitrogen and oxygen atoms in total. The summed E-state index contributed by atoms with van der Waals surface area (Å²) in [6.07, 6.45) is 0. The minimum atomic E-state index is 0.109. The second-order valence-corrected chi connectivity index (χ2v) is 5.87. The van der Waals surface area contributed by atoms with Crippen molar-refractivity contribution in [1.82, 2.24) is 15.5 Å². The van der Waals surface area contributed by atoms with E-state index in [1.54, 1.807) is 11.3 Å². The highest BCUT2D eigenvalue weighted by Gasteiger charge is 2.19. The van der Waals surface area contributed by atoms with E-state index in [1.807, 2.05) is 18.4 Å². The van der Waals surface area contributed by atoms with Crippen LogP contribution in [0, 0.1) is 0 Å². The van der Waals surface area contributed by atoms with E-state index in [-0.39, 0.29) is 11.9 Å². The molecular formula is C13H21N3OS. The molecule has 2 atom stereocenters. The van der Waals surface area contributed by atoms with Gasteiger partial charge in [-0.2, -0.15) is 0 Å². The van der Waals surface area contributed by atoms with Crippen LogP contribution in [0.4, 0.5) is 0 Å². The van der Waals surface area contributed by atoms with E-state index in [1.165, 1.54) is 4.88 Å². The summed E-state index contributed by atoms with van der Waals surface area (Å²) >= 11 is 1.68. The molecular weight excluding hydrogens is 246 g/mol. The second kappa shape index (κ2) is 6.31. The van der Waals surface area contributed by atoms with Gasteiger partial charge in [-0.15, -0.1) is 11.3 Å². The summed E-state index contributed by atoms with van der Waals surface area (Å²) in [5.41, 5.74) is 0. The molecule has 1 aromatic rings. The number of carbonyl (C=O) groups excluding carboxylic acids is 1. The van der Waals surface area contributed by atoms with Gasteiger partial charge in [0.05, 0.1) is 12.6 Å². The fraction of sp³-hybridized carbons (Fsp3) is 0.615. The van der Waals surface area contributed by atoms with Gasteiger partial charge in [0.15, 0.2) is 0 Å². The number of nitrogens with one attached hydrogen (secondary N) is 2. The molecule has 0 radical (unpaired) electrons. The Morgan fingerprint density at radius 2 is 2.56 bits per heavy atom.